The van der Waals surface area contributed by atoms with E-state index in [1.807, 2.05) is 0 Å². The molecule has 2 rings (SSSR count). The Morgan fingerprint density at radius 3 is 2.42 bits per heavy atom. The fourth-order valence-corrected chi connectivity index (χ4v) is 3.58. The van der Waals surface area contributed by atoms with Crippen molar-refractivity contribution >= 4 is 16.0 Å². The Hall–Kier alpha value is -1.85. The third kappa shape index (κ3) is 5.08. The first-order valence-electron chi connectivity index (χ1n) is 6.88. The average Bonchev–Trinajstić information content (AvgIpc) is 2.46. The van der Waals surface area contributed by atoms with E-state index in [4.69, 9.17) is 5.11 Å². The van der Waals surface area contributed by atoms with Crippen molar-refractivity contribution in [1.82, 2.24) is 10.0 Å². The fourth-order valence-electron chi connectivity index (χ4n) is 2.33. The highest BCUT2D eigenvalue weighted by atomic mass is 32.2. The number of aliphatic carboxylic acids is 1. The number of benzene rings is 1. The maximum atomic E-state index is 12.2. The molecule has 0 saturated carbocycles. The fraction of sp³-hybridized carbons (Fsp3) is 0.462. The van der Waals surface area contributed by atoms with Crippen LogP contribution in [-0.4, -0.2) is 45.0 Å². The molecule has 1 heterocycles. The number of hydrogen-bond donors (Lipinski definition) is 3. The Labute approximate surface area is 135 Å². The van der Waals surface area contributed by atoms with Crippen LogP contribution in [0.15, 0.2) is 29.2 Å². The Morgan fingerprint density at radius 2 is 1.88 bits per heavy atom. The third-order valence-electron chi connectivity index (χ3n) is 3.39. The van der Waals surface area contributed by atoms with Gasteiger partial charge >= 0.3 is 12.3 Å². The molecule has 1 saturated heterocycles. The second-order valence-electron chi connectivity index (χ2n) is 5.27. The molecular formula is C13H15F3N2O5S. The van der Waals surface area contributed by atoms with Crippen molar-refractivity contribution < 1.29 is 36.2 Å². The van der Waals surface area contributed by atoms with Crippen LogP contribution in [0.2, 0.25) is 0 Å². The summed E-state index contributed by atoms with van der Waals surface area (Å²) >= 11 is 0. The molecular weight excluding hydrogens is 353 g/mol. The number of nitrogens with one attached hydrogen (secondary N) is 2. The normalized spacial score (nSPS) is 22.1. The van der Waals surface area contributed by atoms with Gasteiger partial charge in [0.15, 0.2) is 0 Å². The van der Waals surface area contributed by atoms with Crippen LogP contribution >= 0.6 is 0 Å². The summed E-state index contributed by atoms with van der Waals surface area (Å²) in [7, 11) is -3.99. The Balaban J connectivity index is 2.06. The number of rotatable bonds is 5. The number of carboxylic acid groups (broad SMARTS) is 1. The highest BCUT2D eigenvalue weighted by Crippen LogP contribution is 2.24. The maximum absolute atomic E-state index is 12.2. The van der Waals surface area contributed by atoms with Gasteiger partial charge in [-0.2, -0.15) is 0 Å². The van der Waals surface area contributed by atoms with Gasteiger partial charge in [0.2, 0.25) is 10.0 Å². The van der Waals surface area contributed by atoms with Crippen LogP contribution in [0, 0.1) is 5.92 Å². The third-order valence-corrected chi connectivity index (χ3v) is 4.93. The van der Waals surface area contributed by atoms with Crippen LogP contribution in [0.3, 0.4) is 0 Å². The minimum Gasteiger partial charge on any atom is -0.481 e. The van der Waals surface area contributed by atoms with Crippen molar-refractivity contribution in [2.45, 2.75) is 23.7 Å². The van der Waals surface area contributed by atoms with Crippen molar-refractivity contribution in [2.24, 2.45) is 5.92 Å². The lowest BCUT2D eigenvalue weighted by atomic mass is 9.97. The molecule has 11 heteroatoms. The summed E-state index contributed by atoms with van der Waals surface area (Å²) in [4.78, 5) is 10.7. The molecule has 0 aliphatic carbocycles. The van der Waals surface area contributed by atoms with Gasteiger partial charge < -0.3 is 15.2 Å². The van der Waals surface area contributed by atoms with E-state index in [0.717, 1.165) is 24.3 Å². The summed E-state index contributed by atoms with van der Waals surface area (Å²) in [6.45, 7) is 0.509. The number of hydrogen-bond acceptors (Lipinski definition) is 5. The van der Waals surface area contributed by atoms with Crippen molar-refractivity contribution in [3.05, 3.63) is 24.3 Å². The van der Waals surface area contributed by atoms with E-state index in [1.165, 1.54) is 0 Å². The van der Waals surface area contributed by atoms with Gasteiger partial charge in [-0.1, -0.05) is 0 Å². The molecule has 0 radical (unpaired) electrons. The number of alkyl halides is 3. The molecule has 1 aromatic rings. The molecule has 0 bridgehead atoms. The number of ether oxygens (including phenoxy) is 1. The first-order valence-corrected chi connectivity index (χ1v) is 8.37. The molecule has 0 amide bonds. The Kier molecular flexibility index (Phi) is 5.35. The molecule has 1 aromatic carbocycles. The van der Waals surface area contributed by atoms with E-state index in [9.17, 15) is 26.4 Å². The van der Waals surface area contributed by atoms with E-state index in [-0.39, 0.29) is 24.4 Å². The molecule has 24 heavy (non-hydrogen) atoms. The zero-order chi connectivity index (χ0) is 18.0. The van der Waals surface area contributed by atoms with Gasteiger partial charge in [0.25, 0.3) is 0 Å². The van der Waals surface area contributed by atoms with Gasteiger partial charge in [0.1, 0.15) is 5.75 Å². The Morgan fingerprint density at radius 1 is 1.25 bits per heavy atom. The van der Waals surface area contributed by atoms with Crippen molar-refractivity contribution in [3.63, 3.8) is 0 Å². The summed E-state index contributed by atoms with van der Waals surface area (Å²) in [5.41, 5.74) is 0. The predicted octanol–water partition coefficient (Wildman–Crippen LogP) is 0.926. The van der Waals surface area contributed by atoms with Crippen LogP contribution in [0.25, 0.3) is 0 Å². The molecule has 1 aliphatic rings. The van der Waals surface area contributed by atoms with Crippen molar-refractivity contribution in [3.8, 4) is 5.75 Å². The van der Waals surface area contributed by atoms with E-state index >= 15 is 0 Å². The standard InChI is InChI=1S/C13H15F3N2O5S/c14-13(15,16)23-10-1-3-11(4-2-10)24(21,22)18-9-5-8(12(19)20)6-17-7-9/h1-4,8-9,17-18H,5-7H2,(H,19,20)/t8-,9+/m0/s1. The number of piperidine rings is 1. The first kappa shape index (κ1) is 18.5. The lowest BCUT2D eigenvalue weighted by molar-refractivity contribution is -0.274. The van der Waals surface area contributed by atoms with Crippen molar-refractivity contribution in [1.29, 1.82) is 0 Å². The molecule has 0 spiro atoms. The molecule has 134 valence electrons. The first-order chi connectivity index (χ1) is 11.1. The van der Waals surface area contributed by atoms with Crippen LogP contribution in [0.1, 0.15) is 6.42 Å². The molecule has 1 aliphatic heterocycles. The lowest BCUT2D eigenvalue weighted by Gasteiger charge is -2.28. The quantitative estimate of drug-likeness (QED) is 0.714. The summed E-state index contributed by atoms with van der Waals surface area (Å²) in [6, 6.07) is 3.11. The van der Waals surface area contributed by atoms with E-state index < -0.39 is 40.1 Å². The number of halogens is 3. The number of sulfonamides is 1. The van der Waals surface area contributed by atoms with Gasteiger partial charge in [-0.25, -0.2) is 13.1 Å². The van der Waals surface area contributed by atoms with Gasteiger partial charge in [-0.3, -0.25) is 4.79 Å². The van der Waals surface area contributed by atoms with Crippen LogP contribution in [0.4, 0.5) is 13.2 Å². The van der Waals surface area contributed by atoms with E-state index in [2.05, 4.69) is 14.8 Å². The SMILES string of the molecule is O=C(O)[C@@H]1CNC[C@H](NS(=O)(=O)c2ccc(OC(F)(F)F)cc2)C1. The van der Waals surface area contributed by atoms with Crippen molar-refractivity contribution in [2.75, 3.05) is 13.1 Å². The lowest BCUT2D eigenvalue weighted by Crippen LogP contribution is -2.50. The zero-order valence-corrected chi connectivity index (χ0v) is 13.0. The van der Waals surface area contributed by atoms with Gasteiger partial charge in [-0.15, -0.1) is 13.2 Å². The van der Waals surface area contributed by atoms with E-state index in [0.29, 0.717) is 0 Å². The molecule has 1 fully saturated rings. The zero-order valence-electron chi connectivity index (χ0n) is 12.2. The predicted molar refractivity (Wildman–Crippen MR) is 75.8 cm³/mol. The summed E-state index contributed by atoms with van der Waals surface area (Å²) < 4.78 is 66.7. The minimum absolute atomic E-state index is 0.122. The molecule has 2 atom stereocenters. The molecule has 0 unspecified atom stereocenters. The summed E-state index contributed by atoms with van der Waals surface area (Å²) in [5.74, 6) is -2.28. The number of carboxylic acids is 1. The average molecular weight is 368 g/mol. The van der Waals surface area contributed by atoms with Crippen LogP contribution in [-0.2, 0) is 14.8 Å². The topological polar surface area (TPSA) is 105 Å². The summed E-state index contributed by atoms with van der Waals surface area (Å²) in [6.07, 6.45) is -4.74. The maximum Gasteiger partial charge on any atom is 0.573 e. The number of carbonyl (C=O) groups is 1. The smallest absolute Gasteiger partial charge is 0.481 e. The van der Waals surface area contributed by atoms with Crippen LogP contribution < -0.4 is 14.8 Å². The van der Waals surface area contributed by atoms with E-state index in [1.54, 1.807) is 0 Å². The summed E-state index contributed by atoms with van der Waals surface area (Å²) in [5, 5.41) is 11.8. The van der Waals surface area contributed by atoms with Crippen LogP contribution in [0.5, 0.6) is 5.75 Å². The second kappa shape index (κ2) is 6.95. The van der Waals surface area contributed by atoms with Gasteiger partial charge in [0.05, 0.1) is 10.8 Å². The molecule has 0 aromatic heterocycles. The monoisotopic (exact) mass is 368 g/mol. The van der Waals surface area contributed by atoms with Gasteiger partial charge in [-0.05, 0) is 30.7 Å². The minimum atomic E-state index is -4.86. The Bertz CT molecular complexity index is 691. The molecule has 7 nitrogen and oxygen atoms in total. The highest BCUT2D eigenvalue weighted by Gasteiger charge is 2.32. The molecule has 3 N–H and O–H groups in total. The largest absolute Gasteiger partial charge is 0.573 e. The highest BCUT2D eigenvalue weighted by molar-refractivity contribution is 7.89. The second-order valence-corrected chi connectivity index (χ2v) is 6.98. The van der Waals surface area contributed by atoms with Gasteiger partial charge in [0, 0.05) is 19.1 Å².